The number of nitrogens with one attached hydrogen (secondary N) is 2. The van der Waals surface area contributed by atoms with Gasteiger partial charge in [-0.05, 0) is 25.5 Å². The minimum absolute atomic E-state index is 0.104. The van der Waals surface area contributed by atoms with Gasteiger partial charge in [-0.3, -0.25) is 14.9 Å². The number of nitro benzene ring substituents is 1. The maximum absolute atomic E-state index is 11.6. The summed E-state index contributed by atoms with van der Waals surface area (Å²) in [4.78, 5) is 22.1. The third kappa shape index (κ3) is 4.09. The number of hydrogen-bond donors (Lipinski definition) is 2. The SMILES string of the molecule is C=CCCNc1ccc(C(=O)NCC)cc1[N+](=O)[O-]. The van der Waals surface area contributed by atoms with Gasteiger partial charge in [-0.15, -0.1) is 6.58 Å². The van der Waals surface area contributed by atoms with Crippen molar-refractivity contribution in [3.8, 4) is 0 Å². The molecule has 0 heterocycles. The average Bonchev–Trinajstić information content (AvgIpc) is 2.39. The van der Waals surface area contributed by atoms with Gasteiger partial charge in [0.1, 0.15) is 5.69 Å². The second-order valence-corrected chi connectivity index (χ2v) is 3.85. The van der Waals surface area contributed by atoms with Gasteiger partial charge < -0.3 is 10.6 Å². The third-order valence-electron chi connectivity index (χ3n) is 2.46. The molecule has 0 aromatic heterocycles. The normalized spacial score (nSPS) is 9.74. The molecule has 0 spiro atoms. The molecule has 6 heteroatoms. The Labute approximate surface area is 111 Å². The number of carbonyl (C=O) groups excluding carboxylic acids is 1. The van der Waals surface area contributed by atoms with Crippen LogP contribution >= 0.6 is 0 Å². The molecular weight excluding hydrogens is 246 g/mol. The highest BCUT2D eigenvalue weighted by atomic mass is 16.6. The van der Waals surface area contributed by atoms with Crippen molar-refractivity contribution in [3.63, 3.8) is 0 Å². The molecule has 1 amide bonds. The molecule has 19 heavy (non-hydrogen) atoms. The Bertz CT molecular complexity index is 486. The van der Waals surface area contributed by atoms with Crippen molar-refractivity contribution in [1.29, 1.82) is 0 Å². The van der Waals surface area contributed by atoms with E-state index < -0.39 is 4.92 Å². The standard InChI is InChI=1S/C13H17N3O3/c1-3-5-8-15-11-7-6-10(13(17)14-4-2)9-12(11)16(18)19/h3,6-7,9,15H,1,4-5,8H2,2H3,(H,14,17). The van der Waals surface area contributed by atoms with Crippen molar-refractivity contribution >= 4 is 17.3 Å². The summed E-state index contributed by atoms with van der Waals surface area (Å²) >= 11 is 0. The summed E-state index contributed by atoms with van der Waals surface area (Å²) in [6, 6.07) is 4.39. The summed E-state index contributed by atoms with van der Waals surface area (Å²) in [7, 11) is 0. The smallest absolute Gasteiger partial charge is 0.293 e. The van der Waals surface area contributed by atoms with Crippen LogP contribution in [0.4, 0.5) is 11.4 Å². The van der Waals surface area contributed by atoms with Crippen LogP contribution in [-0.4, -0.2) is 23.9 Å². The van der Waals surface area contributed by atoms with Crippen molar-refractivity contribution in [2.24, 2.45) is 0 Å². The van der Waals surface area contributed by atoms with Gasteiger partial charge in [-0.2, -0.15) is 0 Å². The number of benzene rings is 1. The molecule has 0 aliphatic heterocycles. The summed E-state index contributed by atoms with van der Waals surface area (Å²) in [5.74, 6) is -0.316. The van der Waals surface area contributed by atoms with E-state index in [1.54, 1.807) is 25.1 Å². The van der Waals surface area contributed by atoms with E-state index in [4.69, 9.17) is 0 Å². The lowest BCUT2D eigenvalue weighted by molar-refractivity contribution is -0.384. The van der Waals surface area contributed by atoms with Crippen LogP contribution in [-0.2, 0) is 0 Å². The number of nitro groups is 1. The zero-order valence-electron chi connectivity index (χ0n) is 10.8. The molecule has 2 N–H and O–H groups in total. The van der Waals surface area contributed by atoms with Gasteiger partial charge in [-0.25, -0.2) is 0 Å². The largest absolute Gasteiger partial charge is 0.379 e. The van der Waals surface area contributed by atoms with E-state index in [-0.39, 0.29) is 17.2 Å². The molecule has 0 radical (unpaired) electrons. The quantitative estimate of drug-likeness (QED) is 0.342. The first-order valence-corrected chi connectivity index (χ1v) is 6.01. The monoisotopic (exact) mass is 263 g/mol. The minimum Gasteiger partial charge on any atom is -0.379 e. The minimum atomic E-state index is -0.501. The number of anilines is 1. The van der Waals surface area contributed by atoms with Crippen molar-refractivity contribution < 1.29 is 9.72 Å². The van der Waals surface area contributed by atoms with Crippen LogP contribution in [0.25, 0.3) is 0 Å². The number of amides is 1. The van der Waals surface area contributed by atoms with Gasteiger partial charge in [0.05, 0.1) is 4.92 Å². The van der Waals surface area contributed by atoms with Crippen molar-refractivity contribution in [1.82, 2.24) is 5.32 Å². The van der Waals surface area contributed by atoms with Crippen LogP contribution in [0.15, 0.2) is 30.9 Å². The van der Waals surface area contributed by atoms with E-state index in [0.717, 1.165) is 0 Å². The molecule has 0 aliphatic rings. The molecule has 0 fully saturated rings. The second kappa shape index (κ2) is 7.15. The zero-order valence-corrected chi connectivity index (χ0v) is 10.8. The molecule has 0 unspecified atom stereocenters. The summed E-state index contributed by atoms with van der Waals surface area (Å²) in [5, 5.41) is 16.6. The van der Waals surface area contributed by atoms with E-state index in [1.165, 1.54) is 6.07 Å². The van der Waals surface area contributed by atoms with Crippen LogP contribution < -0.4 is 10.6 Å². The lowest BCUT2D eigenvalue weighted by atomic mass is 10.1. The van der Waals surface area contributed by atoms with Crippen LogP contribution in [0.2, 0.25) is 0 Å². The Morgan fingerprint density at radius 3 is 2.84 bits per heavy atom. The highest BCUT2D eigenvalue weighted by Gasteiger charge is 2.16. The van der Waals surface area contributed by atoms with E-state index in [1.807, 2.05) is 0 Å². The van der Waals surface area contributed by atoms with Crippen molar-refractivity contribution in [3.05, 3.63) is 46.5 Å². The van der Waals surface area contributed by atoms with Gasteiger partial charge in [0.15, 0.2) is 0 Å². The van der Waals surface area contributed by atoms with Gasteiger partial charge in [0.25, 0.3) is 11.6 Å². The topological polar surface area (TPSA) is 84.3 Å². The molecule has 1 rings (SSSR count). The summed E-state index contributed by atoms with van der Waals surface area (Å²) in [6.07, 6.45) is 2.43. The van der Waals surface area contributed by atoms with Crippen molar-refractivity contribution in [2.75, 3.05) is 18.4 Å². The van der Waals surface area contributed by atoms with Crippen LogP contribution in [0.1, 0.15) is 23.7 Å². The first-order chi connectivity index (χ1) is 9.10. The van der Waals surface area contributed by atoms with Crippen LogP contribution in [0.3, 0.4) is 0 Å². The second-order valence-electron chi connectivity index (χ2n) is 3.85. The van der Waals surface area contributed by atoms with Crippen LogP contribution in [0.5, 0.6) is 0 Å². The molecule has 1 aromatic rings. The average molecular weight is 263 g/mol. The molecule has 6 nitrogen and oxygen atoms in total. The first-order valence-electron chi connectivity index (χ1n) is 6.01. The Morgan fingerprint density at radius 2 is 2.26 bits per heavy atom. The fourth-order valence-corrected chi connectivity index (χ4v) is 1.54. The predicted octanol–water partition coefficient (Wildman–Crippen LogP) is 2.33. The number of carbonyl (C=O) groups is 1. The molecule has 0 bridgehead atoms. The lowest BCUT2D eigenvalue weighted by Gasteiger charge is -2.07. The fraction of sp³-hybridized carbons (Fsp3) is 0.308. The van der Waals surface area contributed by atoms with Gasteiger partial charge in [0, 0.05) is 24.7 Å². The third-order valence-corrected chi connectivity index (χ3v) is 2.46. The highest BCUT2D eigenvalue weighted by Crippen LogP contribution is 2.25. The molecule has 102 valence electrons. The van der Waals surface area contributed by atoms with Gasteiger partial charge in [0.2, 0.25) is 0 Å². The predicted molar refractivity (Wildman–Crippen MR) is 74.4 cm³/mol. The molecule has 0 aliphatic carbocycles. The summed E-state index contributed by atoms with van der Waals surface area (Å²) in [5.41, 5.74) is 0.579. The summed E-state index contributed by atoms with van der Waals surface area (Å²) in [6.45, 7) is 6.41. The molecule has 0 saturated heterocycles. The zero-order chi connectivity index (χ0) is 14.3. The molecule has 1 aromatic carbocycles. The molecule has 0 atom stereocenters. The van der Waals surface area contributed by atoms with E-state index in [2.05, 4.69) is 17.2 Å². The van der Waals surface area contributed by atoms with Gasteiger partial charge in [-0.1, -0.05) is 6.08 Å². The summed E-state index contributed by atoms with van der Waals surface area (Å²) < 4.78 is 0. The highest BCUT2D eigenvalue weighted by molar-refractivity contribution is 5.95. The Morgan fingerprint density at radius 1 is 1.53 bits per heavy atom. The Balaban J connectivity index is 2.97. The van der Waals surface area contributed by atoms with Crippen LogP contribution in [0, 0.1) is 10.1 Å². The maximum Gasteiger partial charge on any atom is 0.293 e. The molecule has 0 saturated carbocycles. The Kier molecular flexibility index (Phi) is 5.53. The van der Waals surface area contributed by atoms with Crippen molar-refractivity contribution in [2.45, 2.75) is 13.3 Å². The van der Waals surface area contributed by atoms with Gasteiger partial charge >= 0.3 is 0 Å². The lowest BCUT2D eigenvalue weighted by Crippen LogP contribution is -2.22. The van der Waals surface area contributed by atoms with E-state index in [9.17, 15) is 14.9 Å². The first kappa shape index (κ1) is 14.7. The number of rotatable bonds is 7. The number of hydrogen-bond acceptors (Lipinski definition) is 4. The Hall–Kier alpha value is -2.37. The van der Waals surface area contributed by atoms with E-state index in [0.29, 0.717) is 25.2 Å². The van der Waals surface area contributed by atoms with E-state index >= 15 is 0 Å². The number of nitrogens with zero attached hydrogens (tertiary/aromatic N) is 1. The maximum atomic E-state index is 11.6. The molecular formula is C13H17N3O3. The fourth-order valence-electron chi connectivity index (χ4n) is 1.54.